The summed E-state index contributed by atoms with van der Waals surface area (Å²) >= 11 is 0. The maximum absolute atomic E-state index is 12.5. The van der Waals surface area contributed by atoms with Gasteiger partial charge in [0.2, 0.25) is 5.91 Å². The van der Waals surface area contributed by atoms with E-state index in [0.717, 1.165) is 54.6 Å². The van der Waals surface area contributed by atoms with Gasteiger partial charge < -0.3 is 9.80 Å². The summed E-state index contributed by atoms with van der Waals surface area (Å²) in [6, 6.07) is 8.30. The van der Waals surface area contributed by atoms with E-state index in [9.17, 15) is 4.79 Å². The van der Waals surface area contributed by atoms with Crippen molar-refractivity contribution in [3.63, 3.8) is 0 Å². The van der Waals surface area contributed by atoms with Crippen molar-refractivity contribution in [2.75, 3.05) is 31.1 Å². The number of carbonyl (C=O) groups is 1. The van der Waals surface area contributed by atoms with Crippen molar-refractivity contribution in [2.24, 2.45) is 5.41 Å². The van der Waals surface area contributed by atoms with Crippen LogP contribution in [0.1, 0.15) is 37.6 Å². The molecule has 0 radical (unpaired) electrons. The minimum atomic E-state index is -0.331. The summed E-state index contributed by atoms with van der Waals surface area (Å²) < 4.78 is 0. The van der Waals surface area contributed by atoms with E-state index in [1.54, 1.807) is 0 Å². The maximum Gasteiger partial charge on any atom is 0.228 e. The zero-order chi connectivity index (χ0) is 19.8. The SMILES string of the molecule is Cc1cccc(-c2nc(C)c(C)c(N3CCN(C(=O)C(C)(C)C)CC3)n2)c1. The lowest BCUT2D eigenvalue weighted by Gasteiger charge is -2.38. The van der Waals surface area contributed by atoms with E-state index in [1.165, 1.54) is 5.56 Å². The van der Waals surface area contributed by atoms with E-state index < -0.39 is 0 Å². The molecule has 0 spiro atoms. The molecule has 5 heteroatoms. The van der Waals surface area contributed by atoms with E-state index in [2.05, 4.69) is 36.9 Å². The summed E-state index contributed by atoms with van der Waals surface area (Å²) in [5.41, 5.74) is 4.03. The highest BCUT2D eigenvalue weighted by Gasteiger charge is 2.30. The molecule has 0 aliphatic carbocycles. The topological polar surface area (TPSA) is 49.3 Å². The molecule has 1 amide bonds. The van der Waals surface area contributed by atoms with Gasteiger partial charge in [0.1, 0.15) is 5.82 Å². The summed E-state index contributed by atoms with van der Waals surface area (Å²) in [4.78, 5) is 26.4. The number of piperazine rings is 1. The quantitative estimate of drug-likeness (QED) is 0.812. The van der Waals surface area contributed by atoms with Crippen LogP contribution in [0.4, 0.5) is 5.82 Å². The predicted molar refractivity (Wildman–Crippen MR) is 110 cm³/mol. The van der Waals surface area contributed by atoms with Crippen molar-refractivity contribution in [3.8, 4) is 11.4 Å². The first-order valence-electron chi connectivity index (χ1n) is 9.63. The van der Waals surface area contributed by atoms with Crippen LogP contribution in [0.15, 0.2) is 24.3 Å². The highest BCUT2D eigenvalue weighted by atomic mass is 16.2. The molecule has 0 atom stereocenters. The third-order valence-electron chi connectivity index (χ3n) is 5.15. The summed E-state index contributed by atoms with van der Waals surface area (Å²) in [5, 5.41) is 0. The first kappa shape index (κ1) is 19.3. The molecule has 2 heterocycles. The van der Waals surface area contributed by atoms with Crippen LogP contribution in [0.2, 0.25) is 0 Å². The second-order valence-electron chi connectivity index (χ2n) is 8.48. The number of nitrogens with zero attached hydrogens (tertiary/aromatic N) is 4. The van der Waals surface area contributed by atoms with Gasteiger partial charge in [-0.25, -0.2) is 9.97 Å². The van der Waals surface area contributed by atoms with E-state index in [0.29, 0.717) is 0 Å². The Morgan fingerprint density at radius 1 is 1.00 bits per heavy atom. The van der Waals surface area contributed by atoms with Gasteiger partial charge in [0.05, 0.1) is 0 Å². The Morgan fingerprint density at radius 3 is 2.26 bits per heavy atom. The molecule has 1 aliphatic heterocycles. The highest BCUT2D eigenvalue weighted by Crippen LogP contribution is 2.26. The number of hydrogen-bond acceptors (Lipinski definition) is 4. The molecule has 144 valence electrons. The van der Waals surface area contributed by atoms with Gasteiger partial charge >= 0.3 is 0 Å². The molecule has 0 saturated carbocycles. The minimum absolute atomic E-state index is 0.221. The Balaban J connectivity index is 1.84. The van der Waals surface area contributed by atoms with Crippen LogP contribution in [0.25, 0.3) is 11.4 Å². The second kappa shape index (κ2) is 7.29. The molecule has 1 aromatic carbocycles. The third kappa shape index (κ3) is 4.12. The number of aryl methyl sites for hydroxylation is 2. The number of amides is 1. The van der Waals surface area contributed by atoms with Crippen LogP contribution >= 0.6 is 0 Å². The van der Waals surface area contributed by atoms with Gasteiger partial charge in [-0.1, -0.05) is 44.5 Å². The Morgan fingerprint density at radius 2 is 1.67 bits per heavy atom. The van der Waals surface area contributed by atoms with Gasteiger partial charge in [-0.05, 0) is 26.8 Å². The molecular weight excluding hydrogens is 336 g/mol. The fourth-order valence-electron chi connectivity index (χ4n) is 3.43. The lowest BCUT2D eigenvalue weighted by molar-refractivity contribution is -0.139. The fourth-order valence-corrected chi connectivity index (χ4v) is 3.43. The lowest BCUT2D eigenvalue weighted by atomic mass is 9.94. The first-order chi connectivity index (χ1) is 12.7. The number of anilines is 1. The summed E-state index contributed by atoms with van der Waals surface area (Å²) in [6.45, 7) is 15.2. The van der Waals surface area contributed by atoms with Crippen LogP contribution < -0.4 is 4.90 Å². The number of hydrogen-bond donors (Lipinski definition) is 0. The molecule has 0 N–H and O–H groups in total. The lowest BCUT2D eigenvalue weighted by Crippen LogP contribution is -2.52. The van der Waals surface area contributed by atoms with Crippen LogP contribution in [-0.2, 0) is 4.79 Å². The molecule has 1 aliphatic rings. The smallest absolute Gasteiger partial charge is 0.228 e. The van der Waals surface area contributed by atoms with Crippen molar-refractivity contribution >= 4 is 11.7 Å². The maximum atomic E-state index is 12.5. The zero-order valence-electron chi connectivity index (χ0n) is 17.3. The molecule has 0 unspecified atom stereocenters. The average molecular weight is 367 g/mol. The summed E-state index contributed by atoms with van der Waals surface area (Å²) in [7, 11) is 0. The van der Waals surface area contributed by atoms with Gasteiger partial charge in [0, 0.05) is 48.4 Å². The van der Waals surface area contributed by atoms with Gasteiger partial charge in [0.25, 0.3) is 0 Å². The molecule has 27 heavy (non-hydrogen) atoms. The highest BCUT2D eigenvalue weighted by molar-refractivity contribution is 5.81. The Kier molecular flexibility index (Phi) is 5.22. The summed E-state index contributed by atoms with van der Waals surface area (Å²) in [5.74, 6) is 1.98. The van der Waals surface area contributed by atoms with Gasteiger partial charge in [-0.3, -0.25) is 4.79 Å². The van der Waals surface area contributed by atoms with Gasteiger partial charge in [0.15, 0.2) is 5.82 Å². The number of rotatable bonds is 2. The molecule has 1 saturated heterocycles. The van der Waals surface area contributed by atoms with E-state index in [1.807, 2.05) is 38.7 Å². The normalized spacial score (nSPS) is 15.2. The van der Waals surface area contributed by atoms with Crippen LogP contribution in [0.5, 0.6) is 0 Å². The number of aromatic nitrogens is 2. The minimum Gasteiger partial charge on any atom is -0.353 e. The fraction of sp³-hybridized carbons (Fsp3) is 0.500. The monoisotopic (exact) mass is 366 g/mol. The van der Waals surface area contributed by atoms with Crippen molar-refractivity contribution in [1.29, 1.82) is 0 Å². The zero-order valence-corrected chi connectivity index (χ0v) is 17.3. The first-order valence-corrected chi connectivity index (χ1v) is 9.63. The Labute approximate surface area is 162 Å². The van der Waals surface area contributed by atoms with Crippen molar-refractivity contribution < 1.29 is 4.79 Å². The standard InChI is InChI=1S/C22H30N4O/c1-15-8-7-9-18(14-15)19-23-17(3)16(2)20(24-19)25-10-12-26(13-11-25)21(27)22(4,5)6/h7-9,14H,10-13H2,1-6H3. The molecule has 1 aromatic heterocycles. The van der Waals surface area contributed by atoms with Crippen molar-refractivity contribution in [3.05, 3.63) is 41.1 Å². The Hall–Kier alpha value is -2.43. The van der Waals surface area contributed by atoms with Crippen LogP contribution in [0, 0.1) is 26.2 Å². The summed E-state index contributed by atoms with van der Waals surface area (Å²) in [6.07, 6.45) is 0. The molecular formula is C22H30N4O. The predicted octanol–water partition coefficient (Wildman–Crippen LogP) is 3.76. The molecule has 5 nitrogen and oxygen atoms in total. The van der Waals surface area contributed by atoms with E-state index >= 15 is 0 Å². The van der Waals surface area contributed by atoms with Crippen LogP contribution in [0.3, 0.4) is 0 Å². The van der Waals surface area contributed by atoms with Crippen LogP contribution in [-0.4, -0.2) is 47.0 Å². The number of carbonyl (C=O) groups excluding carboxylic acids is 1. The van der Waals surface area contributed by atoms with Gasteiger partial charge in [-0.15, -0.1) is 0 Å². The molecule has 3 rings (SSSR count). The largest absolute Gasteiger partial charge is 0.353 e. The average Bonchev–Trinajstić information content (AvgIpc) is 2.62. The molecule has 0 bridgehead atoms. The number of benzene rings is 1. The molecule has 1 fully saturated rings. The Bertz CT molecular complexity index is 846. The van der Waals surface area contributed by atoms with E-state index in [-0.39, 0.29) is 11.3 Å². The van der Waals surface area contributed by atoms with Crippen molar-refractivity contribution in [1.82, 2.24) is 14.9 Å². The van der Waals surface area contributed by atoms with E-state index in [4.69, 9.17) is 9.97 Å². The second-order valence-corrected chi connectivity index (χ2v) is 8.48. The third-order valence-corrected chi connectivity index (χ3v) is 5.15. The van der Waals surface area contributed by atoms with Gasteiger partial charge in [-0.2, -0.15) is 0 Å². The van der Waals surface area contributed by atoms with Crippen molar-refractivity contribution in [2.45, 2.75) is 41.5 Å². The molecule has 2 aromatic rings.